The number of likely N-dealkylation sites (N-methyl/N-ethyl adjacent to an activating group) is 1. The fourth-order valence-corrected chi connectivity index (χ4v) is 2.20. The first kappa shape index (κ1) is 14.8. The number of benzene rings is 1. The van der Waals surface area contributed by atoms with Crippen LogP contribution in [-0.2, 0) is 4.74 Å². The van der Waals surface area contributed by atoms with Crippen LogP contribution in [0.3, 0.4) is 0 Å². The van der Waals surface area contributed by atoms with E-state index in [9.17, 15) is 4.79 Å². The normalized spacial score (nSPS) is 11.1. The molecule has 1 aromatic carbocycles. The molecule has 0 aliphatic carbocycles. The fraction of sp³-hybridized carbons (Fsp3) is 0.333. The van der Waals surface area contributed by atoms with Crippen molar-refractivity contribution in [1.29, 1.82) is 0 Å². The summed E-state index contributed by atoms with van der Waals surface area (Å²) in [5.74, 6) is -0.433. The highest BCUT2D eigenvalue weighted by atomic mass is 35.5. The van der Waals surface area contributed by atoms with Crippen LogP contribution in [0.4, 0.5) is 0 Å². The standard InChI is InChI=1S/C15H17ClN2O2/c1-10-11-6-4-5-7-12(11)14(16)17-13(10)15(19)20-9-8-18(2)3/h4-7H,8-9H2,1-3H3. The van der Waals surface area contributed by atoms with Crippen LogP contribution in [0.25, 0.3) is 10.8 Å². The van der Waals surface area contributed by atoms with Crippen molar-refractivity contribution in [1.82, 2.24) is 9.88 Å². The highest BCUT2D eigenvalue weighted by Crippen LogP contribution is 2.26. The van der Waals surface area contributed by atoms with Crippen LogP contribution in [-0.4, -0.2) is 43.1 Å². The third kappa shape index (κ3) is 3.08. The number of carbonyl (C=O) groups excluding carboxylic acids is 1. The molecule has 0 saturated carbocycles. The Morgan fingerprint density at radius 2 is 1.95 bits per heavy atom. The molecule has 1 aromatic heterocycles. The van der Waals surface area contributed by atoms with Gasteiger partial charge in [-0.05, 0) is 32.0 Å². The number of hydrogen-bond donors (Lipinski definition) is 0. The van der Waals surface area contributed by atoms with Crippen molar-refractivity contribution in [2.24, 2.45) is 0 Å². The van der Waals surface area contributed by atoms with Gasteiger partial charge in [-0.3, -0.25) is 0 Å². The molecular weight excluding hydrogens is 276 g/mol. The highest BCUT2D eigenvalue weighted by molar-refractivity contribution is 6.34. The molecule has 0 N–H and O–H groups in total. The number of esters is 1. The Morgan fingerprint density at radius 1 is 1.30 bits per heavy atom. The van der Waals surface area contributed by atoms with Crippen molar-refractivity contribution in [3.8, 4) is 0 Å². The van der Waals surface area contributed by atoms with E-state index in [-0.39, 0.29) is 5.69 Å². The molecule has 2 aromatic rings. The minimum absolute atomic E-state index is 0.285. The minimum atomic E-state index is -0.433. The number of nitrogens with zero attached hydrogens (tertiary/aromatic N) is 2. The van der Waals surface area contributed by atoms with E-state index in [2.05, 4.69) is 4.98 Å². The molecule has 4 nitrogen and oxygen atoms in total. The molecule has 2 rings (SSSR count). The molecule has 0 fully saturated rings. The van der Waals surface area contributed by atoms with Crippen molar-refractivity contribution >= 4 is 28.3 Å². The lowest BCUT2D eigenvalue weighted by molar-refractivity contribution is 0.0474. The summed E-state index contributed by atoms with van der Waals surface area (Å²) in [5, 5.41) is 2.09. The summed E-state index contributed by atoms with van der Waals surface area (Å²) in [6, 6.07) is 7.62. The van der Waals surface area contributed by atoms with Crippen LogP contribution < -0.4 is 0 Å². The average molecular weight is 293 g/mol. The monoisotopic (exact) mass is 292 g/mol. The van der Waals surface area contributed by atoms with E-state index in [4.69, 9.17) is 16.3 Å². The zero-order valence-corrected chi connectivity index (χ0v) is 12.6. The topological polar surface area (TPSA) is 42.4 Å². The Morgan fingerprint density at radius 3 is 2.60 bits per heavy atom. The van der Waals surface area contributed by atoms with Gasteiger partial charge in [0, 0.05) is 11.9 Å². The van der Waals surface area contributed by atoms with Gasteiger partial charge in [0.05, 0.1) is 0 Å². The third-order valence-electron chi connectivity index (χ3n) is 3.08. The summed E-state index contributed by atoms with van der Waals surface area (Å²) >= 11 is 6.14. The first-order chi connectivity index (χ1) is 9.50. The maximum Gasteiger partial charge on any atom is 0.357 e. The van der Waals surface area contributed by atoms with Gasteiger partial charge in [0.25, 0.3) is 0 Å². The lowest BCUT2D eigenvalue weighted by Crippen LogP contribution is -2.21. The van der Waals surface area contributed by atoms with Crippen LogP contribution >= 0.6 is 11.6 Å². The molecule has 20 heavy (non-hydrogen) atoms. The lowest BCUT2D eigenvalue weighted by atomic mass is 10.1. The molecule has 0 amide bonds. The van der Waals surface area contributed by atoms with Crippen LogP contribution in [0.2, 0.25) is 5.15 Å². The number of halogens is 1. The first-order valence-electron chi connectivity index (χ1n) is 6.37. The molecule has 0 saturated heterocycles. The van der Waals surface area contributed by atoms with E-state index in [0.717, 1.165) is 16.3 Å². The van der Waals surface area contributed by atoms with Crippen molar-refractivity contribution in [2.45, 2.75) is 6.92 Å². The zero-order valence-electron chi connectivity index (χ0n) is 11.8. The summed E-state index contributed by atoms with van der Waals surface area (Å²) in [4.78, 5) is 18.2. The molecule has 0 unspecified atom stereocenters. The number of ether oxygens (including phenoxy) is 1. The van der Waals surface area contributed by atoms with Gasteiger partial charge in [0.1, 0.15) is 11.8 Å². The van der Waals surface area contributed by atoms with Crippen molar-refractivity contribution < 1.29 is 9.53 Å². The second kappa shape index (κ2) is 6.20. The second-order valence-corrected chi connectivity index (χ2v) is 5.22. The van der Waals surface area contributed by atoms with Crippen LogP contribution in [0.1, 0.15) is 16.1 Å². The Kier molecular flexibility index (Phi) is 4.57. The molecular formula is C15H17ClN2O2. The van der Waals surface area contributed by atoms with Crippen molar-refractivity contribution in [3.05, 3.63) is 40.7 Å². The molecule has 5 heteroatoms. The summed E-state index contributed by atoms with van der Waals surface area (Å²) in [6.07, 6.45) is 0. The third-order valence-corrected chi connectivity index (χ3v) is 3.37. The van der Waals surface area contributed by atoms with E-state index >= 15 is 0 Å². The van der Waals surface area contributed by atoms with E-state index < -0.39 is 5.97 Å². The highest BCUT2D eigenvalue weighted by Gasteiger charge is 2.17. The molecule has 0 aliphatic rings. The predicted molar refractivity (Wildman–Crippen MR) is 80.3 cm³/mol. The Balaban J connectivity index is 2.30. The number of pyridine rings is 1. The number of fused-ring (bicyclic) bond motifs is 1. The zero-order chi connectivity index (χ0) is 14.7. The molecule has 0 spiro atoms. The average Bonchev–Trinajstić information content (AvgIpc) is 2.42. The summed E-state index contributed by atoms with van der Waals surface area (Å²) in [5.41, 5.74) is 1.08. The lowest BCUT2D eigenvalue weighted by Gasteiger charge is -2.12. The van der Waals surface area contributed by atoms with Crippen molar-refractivity contribution in [3.63, 3.8) is 0 Å². The number of carbonyl (C=O) groups is 1. The van der Waals surface area contributed by atoms with Gasteiger partial charge in [0.15, 0.2) is 5.69 Å². The Bertz CT molecular complexity index is 641. The number of rotatable bonds is 4. The van der Waals surface area contributed by atoms with Gasteiger partial charge in [-0.25, -0.2) is 9.78 Å². The quantitative estimate of drug-likeness (QED) is 0.642. The molecule has 1 heterocycles. The van der Waals surface area contributed by atoms with E-state index in [1.54, 1.807) is 0 Å². The second-order valence-electron chi connectivity index (χ2n) is 4.86. The Labute approximate surface area is 123 Å². The van der Waals surface area contributed by atoms with Gasteiger partial charge >= 0.3 is 5.97 Å². The predicted octanol–water partition coefficient (Wildman–Crippen LogP) is 2.92. The molecule has 106 valence electrons. The van der Waals surface area contributed by atoms with Gasteiger partial charge < -0.3 is 9.64 Å². The Hall–Kier alpha value is -1.65. The van der Waals surface area contributed by atoms with Gasteiger partial charge in [-0.2, -0.15) is 0 Å². The number of aromatic nitrogens is 1. The summed E-state index contributed by atoms with van der Waals surface area (Å²) in [6.45, 7) is 2.86. The summed E-state index contributed by atoms with van der Waals surface area (Å²) < 4.78 is 5.22. The van der Waals surface area contributed by atoms with Gasteiger partial charge in [-0.15, -0.1) is 0 Å². The van der Waals surface area contributed by atoms with E-state index in [1.165, 1.54) is 0 Å². The molecule has 0 radical (unpaired) electrons. The number of hydrogen-bond acceptors (Lipinski definition) is 4. The van der Waals surface area contributed by atoms with E-state index in [1.807, 2.05) is 50.2 Å². The molecule has 0 aliphatic heterocycles. The number of aryl methyl sites for hydroxylation is 1. The first-order valence-corrected chi connectivity index (χ1v) is 6.75. The maximum atomic E-state index is 12.1. The fourth-order valence-electron chi connectivity index (χ4n) is 1.95. The SMILES string of the molecule is Cc1c(C(=O)OCCN(C)C)nc(Cl)c2ccccc12. The smallest absolute Gasteiger partial charge is 0.357 e. The van der Waals surface area contributed by atoms with E-state index in [0.29, 0.717) is 18.3 Å². The minimum Gasteiger partial charge on any atom is -0.460 e. The largest absolute Gasteiger partial charge is 0.460 e. The summed E-state index contributed by atoms with van der Waals surface area (Å²) in [7, 11) is 3.84. The van der Waals surface area contributed by atoms with Crippen LogP contribution in [0, 0.1) is 6.92 Å². The van der Waals surface area contributed by atoms with Gasteiger partial charge in [0.2, 0.25) is 0 Å². The maximum absolute atomic E-state index is 12.1. The van der Waals surface area contributed by atoms with Gasteiger partial charge in [-0.1, -0.05) is 35.9 Å². The molecule has 0 atom stereocenters. The van der Waals surface area contributed by atoms with Crippen LogP contribution in [0.15, 0.2) is 24.3 Å². The van der Waals surface area contributed by atoms with Crippen molar-refractivity contribution in [2.75, 3.05) is 27.2 Å². The van der Waals surface area contributed by atoms with Crippen LogP contribution in [0.5, 0.6) is 0 Å². The molecule has 0 bridgehead atoms.